The van der Waals surface area contributed by atoms with Gasteiger partial charge in [-0.05, 0) is 49.4 Å². The summed E-state index contributed by atoms with van der Waals surface area (Å²) in [6, 6.07) is 22.3. The van der Waals surface area contributed by atoms with E-state index < -0.39 is 0 Å². The van der Waals surface area contributed by atoms with E-state index in [4.69, 9.17) is 4.74 Å². The Morgan fingerprint density at radius 2 is 1.73 bits per heavy atom. The van der Waals surface area contributed by atoms with Gasteiger partial charge in [0.15, 0.2) is 0 Å². The smallest absolute Gasteiger partial charge is 0.119 e. The normalized spacial score (nSPS) is 12.1. The number of hydrogen-bond acceptors (Lipinski definition) is 3. The number of H-pyrrole nitrogens is 1. The van der Waals surface area contributed by atoms with E-state index >= 15 is 0 Å². The summed E-state index contributed by atoms with van der Waals surface area (Å²) >= 11 is 0. The van der Waals surface area contributed by atoms with Gasteiger partial charge in [0.2, 0.25) is 0 Å². The van der Waals surface area contributed by atoms with Crippen molar-refractivity contribution in [2.75, 3.05) is 12.4 Å². The van der Waals surface area contributed by atoms with Crippen LogP contribution in [0.4, 0.5) is 5.69 Å². The molecule has 4 aromatic rings. The SMILES string of the molecule is COc1ccc(N[C@@H](c2ccccn2)c2c(C)[nH]c3ccccc23)cc1. The third kappa shape index (κ3) is 3.02. The van der Waals surface area contributed by atoms with Gasteiger partial charge in [0.05, 0.1) is 18.8 Å². The Morgan fingerprint density at radius 3 is 2.46 bits per heavy atom. The number of pyridine rings is 1. The minimum atomic E-state index is -0.0549. The second-order valence-corrected chi connectivity index (χ2v) is 6.27. The van der Waals surface area contributed by atoms with E-state index in [1.54, 1.807) is 7.11 Å². The van der Waals surface area contributed by atoms with E-state index in [2.05, 4.69) is 52.5 Å². The van der Waals surface area contributed by atoms with Gasteiger partial charge < -0.3 is 15.0 Å². The Kier molecular flexibility index (Phi) is 4.32. The maximum atomic E-state index is 5.26. The molecule has 2 heterocycles. The van der Waals surface area contributed by atoms with Gasteiger partial charge in [-0.2, -0.15) is 0 Å². The van der Waals surface area contributed by atoms with Crippen LogP contribution in [0.25, 0.3) is 10.9 Å². The van der Waals surface area contributed by atoms with Crippen molar-refractivity contribution < 1.29 is 4.74 Å². The van der Waals surface area contributed by atoms with Crippen molar-refractivity contribution in [2.24, 2.45) is 0 Å². The number of benzene rings is 2. The third-order valence-electron chi connectivity index (χ3n) is 4.62. The number of hydrogen-bond donors (Lipinski definition) is 2. The first-order valence-electron chi connectivity index (χ1n) is 8.65. The highest BCUT2D eigenvalue weighted by atomic mass is 16.5. The molecule has 0 amide bonds. The largest absolute Gasteiger partial charge is 0.497 e. The van der Waals surface area contributed by atoms with Gasteiger partial charge in [-0.3, -0.25) is 4.98 Å². The molecule has 0 aliphatic heterocycles. The topological polar surface area (TPSA) is 49.9 Å². The van der Waals surface area contributed by atoms with E-state index in [0.717, 1.165) is 28.3 Å². The molecule has 1 atom stereocenters. The summed E-state index contributed by atoms with van der Waals surface area (Å²) in [4.78, 5) is 8.11. The van der Waals surface area contributed by atoms with E-state index in [1.807, 2.05) is 42.6 Å². The van der Waals surface area contributed by atoms with Crippen molar-refractivity contribution >= 4 is 16.6 Å². The first-order valence-corrected chi connectivity index (χ1v) is 8.65. The van der Waals surface area contributed by atoms with Crippen molar-refractivity contribution in [2.45, 2.75) is 13.0 Å². The van der Waals surface area contributed by atoms with Gasteiger partial charge in [0.1, 0.15) is 5.75 Å². The molecule has 0 aliphatic carbocycles. The summed E-state index contributed by atoms with van der Waals surface area (Å²) in [5.41, 5.74) is 5.50. The fourth-order valence-electron chi connectivity index (χ4n) is 3.36. The van der Waals surface area contributed by atoms with Gasteiger partial charge in [-0.25, -0.2) is 0 Å². The first kappa shape index (κ1) is 16.2. The second-order valence-electron chi connectivity index (χ2n) is 6.27. The van der Waals surface area contributed by atoms with Crippen LogP contribution in [0, 0.1) is 6.92 Å². The van der Waals surface area contributed by atoms with Crippen molar-refractivity contribution in [1.82, 2.24) is 9.97 Å². The Hall–Kier alpha value is -3.27. The number of para-hydroxylation sites is 1. The number of aromatic nitrogens is 2. The van der Waals surface area contributed by atoms with Crippen LogP contribution in [-0.2, 0) is 0 Å². The average molecular weight is 343 g/mol. The Balaban J connectivity index is 1.81. The number of nitrogens with one attached hydrogen (secondary N) is 2. The number of nitrogens with zero attached hydrogens (tertiary/aromatic N) is 1. The summed E-state index contributed by atoms with van der Waals surface area (Å²) in [7, 11) is 1.68. The highest BCUT2D eigenvalue weighted by Gasteiger charge is 2.21. The number of aryl methyl sites for hydroxylation is 1. The van der Waals surface area contributed by atoms with E-state index in [0.29, 0.717) is 0 Å². The molecule has 2 aromatic carbocycles. The van der Waals surface area contributed by atoms with E-state index in [1.165, 1.54) is 10.9 Å². The minimum absolute atomic E-state index is 0.0549. The Morgan fingerprint density at radius 1 is 0.962 bits per heavy atom. The molecule has 0 fully saturated rings. The van der Waals surface area contributed by atoms with Crippen LogP contribution in [0.2, 0.25) is 0 Å². The maximum Gasteiger partial charge on any atom is 0.119 e. The molecular weight excluding hydrogens is 322 g/mol. The average Bonchev–Trinajstić information content (AvgIpc) is 3.03. The molecule has 0 unspecified atom stereocenters. The molecule has 4 heteroatoms. The van der Waals surface area contributed by atoms with Crippen LogP contribution >= 0.6 is 0 Å². The molecule has 0 bridgehead atoms. The zero-order chi connectivity index (χ0) is 17.9. The number of anilines is 1. The Labute approximate surface area is 152 Å². The summed E-state index contributed by atoms with van der Waals surface area (Å²) in [5.74, 6) is 0.841. The molecule has 4 nitrogen and oxygen atoms in total. The van der Waals surface area contributed by atoms with Gasteiger partial charge in [0.25, 0.3) is 0 Å². The number of methoxy groups -OCH3 is 1. The maximum absolute atomic E-state index is 5.26. The predicted octanol–water partition coefficient (Wildman–Crippen LogP) is 5.08. The van der Waals surface area contributed by atoms with Crippen LogP contribution in [-0.4, -0.2) is 17.1 Å². The van der Waals surface area contributed by atoms with Crippen LogP contribution < -0.4 is 10.1 Å². The van der Waals surface area contributed by atoms with Crippen molar-refractivity contribution in [3.8, 4) is 5.75 Å². The van der Waals surface area contributed by atoms with Crippen LogP contribution in [0.15, 0.2) is 72.9 Å². The summed E-state index contributed by atoms with van der Waals surface area (Å²) in [5, 5.41) is 4.85. The van der Waals surface area contributed by atoms with Crippen LogP contribution in [0.3, 0.4) is 0 Å². The molecule has 130 valence electrons. The summed E-state index contributed by atoms with van der Waals surface area (Å²) < 4.78 is 5.26. The molecule has 0 saturated carbocycles. The third-order valence-corrected chi connectivity index (χ3v) is 4.62. The van der Waals surface area contributed by atoms with E-state index in [-0.39, 0.29) is 6.04 Å². The fraction of sp³-hybridized carbons (Fsp3) is 0.136. The predicted molar refractivity (Wildman–Crippen MR) is 106 cm³/mol. The number of rotatable bonds is 5. The molecular formula is C22H21N3O. The standard InChI is InChI=1S/C22H21N3O/c1-15-21(18-7-3-4-8-19(18)24-15)22(20-9-5-6-14-23-20)25-16-10-12-17(26-2)13-11-16/h3-14,22,24-25H,1-2H3/t22-/m0/s1. The molecule has 4 rings (SSSR count). The molecule has 2 N–H and O–H groups in total. The van der Waals surface area contributed by atoms with Crippen molar-refractivity contribution in [1.29, 1.82) is 0 Å². The zero-order valence-corrected chi connectivity index (χ0v) is 14.9. The summed E-state index contributed by atoms with van der Waals surface area (Å²) in [6.07, 6.45) is 1.84. The lowest BCUT2D eigenvalue weighted by molar-refractivity contribution is 0.415. The van der Waals surface area contributed by atoms with Gasteiger partial charge >= 0.3 is 0 Å². The van der Waals surface area contributed by atoms with Crippen molar-refractivity contribution in [3.05, 3.63) is 89.9 Å². The molecule has 0 aliphatic rings. The van der Waals surface area contributed by atoms with Crippen molar-refractivity contribution in [3.63, 3.8) is 0 Å². The number of aromatic amines is 1. The number of fused-ring (bicyclic) bond motifs is 1. The summed E-state index contributed by atoms with van der Waals surface area (Å²) in [6.45, 7) is 2.11. The van der Waals surface area contributed by atoms with Crippen LogP contribution in [0.1, 0.15) is 23.0 Å². The minimum Gasteiger partial charge on any atom is -0.497 e. The zero-order valence-electron chi connectivity index (χ0n) is 14.9. The first-order chi connectivity index (χ1) is 12.8. The lowest BCUT2D eigenvalue weighted by Gasteiger charge is -2.21. The monoisotopic (exact) mass is 343 g/mol. The molecule has 0 radical (unpaired) electrons. The second kappa shape index (κ2) is 6.92. The number of ether oxygens (including phenoxy) is 1. The van der Waals surface area contributed by atoms with Gasteiger partial charge in [-0.1, -0.05) is 24.3 Å². The van der Waals surface area contributed by atoms with Gasteiger partial charge in [0, 0.05) is 34.0 Å². The fourth-order valence-corrected chi connectivity index (χ4v) is 3.36. The lowest BCUT2D eigenvalue weighted by atomic mass is 9.99. The van der Waals surface area contributed by atoms with Crippen LogP contribution in [0.5, 0.6) is 5.75 Å². The lowest BCUT2D eigenvalue weighted by Crippen LogP contribution is -2.14. The quantitative estimate of drug-likeness (QED) is 0.531. The highest BCUT2D eigenvalue weighted by molar-refractivity contribution is 5.86. The van der Waals surface area contributed by atoms with E-state index in [9.17, 15) is 0 Å². The molecule has 26 heavy (non-hydrogen) atoms. The molecule has 0 spiro atoms. The Bertz CT molecular complexity index is 1010. The molecule has 2 aromatic heterocycles. The van der Waals surface area contributed by atoms with Gasteiger partial charge in [-0.15, -0.1) is 0 Å². The highest BCUT2D eigenvalue weighted by Crippen LogP contribution is 2.34. The molecule has 0 saturated heterocycles.